The van der Waals surface area contributed by atoms with Crippen molar-refractivity contribution in [1.29, 1.82) is 0 Å². The molecule has 0 bridgehead atoms. The zero-order chi connectivity index (χ0) is 14.4. The van der Waals surface area contributed by atoms with Crippen LogP contribution in [0.4, 0.5) is 0 Å². The minimum atomic E-state index is -0.531. The molecule has 0 saturated carbocycles. The van der Waals surface area contributed by atoms with Gasteiger partial charge in [-0.3, -0.25) is 4.79 Å². The van der Waals surface area contributed by atoms with Gasteiger partial charge in [-0.2, -0.15) is 0 Å². The van der Waals surface area contributed by atoms with Gasteiger partial charge in [0, 0.05) is 13.2 Å². The van der Waals surface area contributed by atoms with Gasteiger partial charge in [-0.25, -0.2) is 0 Å². The fraction of sp³-hybridized carbons (Fsp3) is 0.533. The third-order valence-electron chi connectivity index (χ3n) is 3.30. The normalized spacial score (nSPS) is 19.6. The molecule has 1 heterocycles. The van der Waals surface area contributed by atoms with Crippen molar-refractivity contribution in [1.82, 2.24) is 5.32 Å². The van der Waals surface area contributed by atoms with Crippen molar-refractivity contribution in [3.8, 4) is 5.75 Å². The van der Waals surface area contributed by atoms with E-state index in [0.29, 0.717) is 23.7 Å². The molecule has 0 aromatic heterocycles. The highest BCUT2D eigenvalue weighted by molar-refractivity contribution is 6.32. The van der Waals surface area contributed by atoms with E-state index in [4.69, 9.17) is 21.1 Å². The van der Waals surface area contributed by atoms with E-state index in [9.17, 15) is 4.79 Å². The summed E-state index contributed by atoms with van der Waals surface area (Å²) in [5.74, 6) is 0.413. The van der Waals surface area contributed by atoms with Crippen LogP contribution in [0, 0.1) is 0 Å². The van der Waals surface area contributed by atoms with Crippen molar-refractivity contribution in [3.63, 3.8) is 0 Å². The van der Waals surface area contributed by atoms with Crippen LogP contribution in [0.5, 0.6) is 5.75 Å². The summed E-state index contributed by atoms with van der Waals surface area (Å²) < 4.78 is 11.2. The second kappa shape index (κ2) is 7.50. The van der Waals surface area contributed by atoms with Gasteiger partial charge >= 0.3 is 0 Å². The first kappa shape index (κ1) is 15.1. The molecule has 1 saturated heterocycles. The Morgan fingerprint density at radius 2 is 2.35 bits per heavy atom. The van der Waals surface area contributed by atoms with Crippen LogP contribution < -0.4 is 10.1 Å². The Hall–Kier alpha value is -1.26. The second-order valence-corrected chi connectivity index (χ2v) is 5.23. The number of hydrogen-bond donors (Lipinski definition) is 1. The Kier molecular flexibility index (Phi) is 5.68. The minimum absolute atomic E-state index is 0.122. The molecule has 0 aliphatic carbocycles. The number of amides is 1. The van der Waals surface area contributed by atoms with E-state index in [1.165, 1.54) is 0 Å². The number of carbonyl (C=O) groups is 1. The van der Waals surface area contributed by atoms with E-state index < -0.39 is 6.10 Å². The summed E-state index contributed by atoms with van der Waals surface area (Å²) in [5, 5.41) is 3.40. The lowest BCUT2D eigenvalue weighted by Gasteiger charge is -2.19. The Morgan fingerprint density at radius 3 is 3.00 bits per heavy atom. The topological polar surface area (TPSA) is 47.6 Å². The molecule has 1 aromatic rings. The molecule has 0 unspecified atom stereocenters. The first-order chi connectivity index (χ1) is 9.70. The monoisotopic (exact) mass is 297 g/mol. The third-order valence-corrected chi connectivity index (χ3v) is 3.61. The number of carbonyl (C=O) groups excluding carboxylic acids is 1. The Labute approximate surface area is 124 Å². The maximum atomic E-state index is 12.1. The van der Waals surface area contributed by atoms with Crippen LogP contribution >= 0.6 is 11.6 Å². The van der Waals surface area contributed by atoms with E-state index in [1.54, 1.807) is 12.1 Å². The molecular weight excluding hydrogens is 278 g/mol. The van der Waals surface area contributed by atoms with Gasteiger partial charge in [0.2, 0.25) is 0 Å². The largest absolute Gasteiger partial charge is 0.479 e. The van der Waals surface area contributed by atoms with Crippen molar-refractivity contribution in [2.75, 3.05) is 13.2 Å². The molecule has 5 heteroatoms. The second-order valence-electron chi connectivity index (χ2n) is 4.83. The highest BCUT2D eigenvalue weighted by atomic mass is 35.5. The number of rotatable bonds is 6. The van der Waals surface area contributed by atoms with Gasteiger partial charge in [0.15, 0.2) is 6.10 Å². The molecule has 2 rings (SSSR count). The van der Waals surface area contributed by atoms with Crippen molar-refractivity contribution in [2.24, 2.45) is 0 Å². The van der Waals surface area contributed by atoms with Gasteiger partial charge in [-0.05, 0) is 31.4 Å². The molecular formula is C15H20ClNO3. The Bertz CT molecular complexity index is 446. The standard InChI is InChI=1S/C15H20ClNO3/c1-2-13(20-14-8-4-3-7-12(14)16)15(18)17-10-11-6-5-9-19-11/h3-4,7-8,11,13H,2,5-6,9-10H2,1H3,(H,17,18)/t11-,13+/m1/s1. The van der Waals surface area contributed by atoms with Crippen LogP contribution in [0.25, 0.3) is 0 Å². The van der Waals surface area contributed by atoms with Crippen molar-refractivity contribution in [2.45, 2.75) is 38.4 Å². The molecule has 1 aliphatic heterocycles. The number of hydrogen-bond acceptors (Lipinski definition) is 3. The smallest absolute Gasteiger partial charge is 0.261 e. The molecule has 2 atom stereocenters. The molecule has 0 radical (unpaired) electrons. The Morgan fingerprint density at radius 1 is 1.55 bits per heavy atom. The molecule has 4 nitrogen and oxygen atoms in total. The van der Waals surface area contributed by atoms with Gasteiger partial charge < -0.3 is 14.8 Å². The maximum absolute atomic E-state index is 12.1. The molecule has 1 N–H and O–H groups in total. The summed E-state index contributed by atoms with van der Waals surface area (Å²) >= 11 is 6.03. The molecule has 0 spiro atoms. The molecule has 1 amide bonds. The van der Waals surface area contributed by atoms with Gasteiger partial charge in [-0.15, -0.1) is 0 Å². The predicted molar refractivity (Wildman–Crippen MR) is 78.1 cm³/mol. The number of nitrogens with one attached hydrogen (secondary N) is 1. The van der Waals surface area contributed by atoms with Crippen molar-refractivity contribution < 1.29 is 14.3 Å². The highest BCUT2D eigenvalue weighted by Gasteiger charge is 2.22. The lowest BCUT2D eigenvalue weighted by Crippen LogP contribution is -2.41. The molecule has 1 aliphatic rings. The molecule has 110 valence electrons. The van der Waals surface area contributed by atoms with Crippen LogP contribution in [-0.4, -0.2) is 31.3 Å². The molecule has 1 fully saturated rings. The van der Waals surface area contributed by atoms with Crippen LogP contribution in [0.1, 0.15) is 26.2 Å². The maximum Gasteiger partial charge on any atom is 0.261 e. The fourth-order valence-electron chi connectivity index (χ4n) is 2.15. The summed E-state index contributed by atoms with van der Waals surface area (Å²) in [6, 6.07) is 7.16. The van der Waals surface area contributed by atoms with E-state index in [0.717, 1.165) is 19.4 Å². The minimum Gasteiger partial charge on any atom is -0.479 e. The fourth-order valence-corrected chi connectivity index (χ4v) is 2.33. The average molecular weight is 298 g/mol. The van der Waals surface area contributed by atoms with Gasteiger partial charge in [0.25, 0.3) is 5.91 Å². The first-order valence-electron chi connectivity index (χ1n) is 7.01. The molecule has 20 heavy (non-hydrogen) atoms. The van der Waals surface area contributed by atoms with Gasteiger partial charge in [0.05, 0.1) is 11.1 Å². The number of benzene rings is 1. The SMILES string of the molecule is CC[C@H](Oc1ccccc1Cl)C(=O)NC[C@H]1CCCO1. The van der Waals surface area contributed by atoms with Crippen LogP contribution in [-0.2, 0) is 9.53 Å². The highest BCUT2D eigenvalue weighted by Crippen LogP contribution is 2.24. The predicted octanol–water partition coefficient (Wildman–Crippen LogP) is 2.79. The summed E-state index contributed by atoms with van der Waals surface area (Å²) in [4.78, 5) is 12.1. The summed E-state index contributed by atoms with van der Waals surface area (Å²) in [7, 11) is 0. The zero-order valence-electron chi connectivity index (χ0n) is 11.6. The lowest BCUT2D eigenvalue weighted by molar-refractivity contribution is -0.128. The summed E-state index contributed by atoms with van der Waals surface area (Å²) in [6.07, 6.45) is 2.26. The Balaban J connectivity index is 1.87. The van der Waals surface area contributed by atoms with E-state index in [-0.39, 0.29) is 12.0 Å². The van der Waals surface area contributed by atoms with Crippen LogP contribution in [0.15, 0.2) is 24.3 Å². The number of para-hydroxylation sites is 1. The van der Waals surface area contributed by atoms with Gasteiger partial charge in [-0.1, -0.05) is 30.7 Å². The van der Waals surface area contributed by atoms with Crippen molar-refractivity contribution in [3.05, 3.63) is 29.3 Å². The number of halogens is 1. The quantitative estimate of drug-likeness (QED) is 0.878. The molecule has 1 aromatic carbocycles. The van der Waals surface area contributed by atoms with Crippen LogP contribution in [0.3, 0.4) is 0 Å². The van der Waals surface area contributed by atoms with E-state index in [2.05, 4.69) is 5.32 Å². The average Bonchev–Trinajstić information content (AvgIpc) is 2.97. The third kappa shape index (κ3) is 4.12. The lowest BCUT2D eigenvalue weighted by atomic mass is 10.2. The van der Waals surface area contributed by atoms with Crippen LogP contribution in [0.2, 0.25) is 5.02 Å². The van der Waals surface area contributed by atoms with Gasteiger partial charge in [0.1, 0.15) is 5.75 Å². The number of ether oxygens (including phenoxy) is 2. The first-order valence-corrected chi connectivity index (χ1v) is 7.39. The summed E-state index contributed by atoms with van der Waals surface area (Å²) in [6.45, 7) is 3.24. The van der Waals surface area contributed by atoms with Crippen molar-refractivity contribution >= 4 is 17.5 Å². The summed E-state index contributed by atoms with van der Waals surface area (Å²) in [5.41, 5.74) is 0. The zero-order valence-corrected chi connectivity index (χ0v) is 12.4. The van der Waals surface area contributed by atoms with E-state index >= 15 is 0 Å². The van der Waals surface area contributed by atoms with E-state index in [1.807, 2.05) is 19.1 Å².